The number of aryl methyl sites for hydroxylation is 1. The van der Waals surface area contributed by atoms with Gasteiger partial charge in [0.15, 0.2) is 0 Å². The Balaban J connectivity index is 2.08. The standard InChI is InChI=1S/C17H15N3O3S/c1-11-5-6-15(17-16(11)13(8-18)9-19-17)20-24(22,23)14-4-2-3-12(7-14)10-21/h2-7,9,19-21H,10H2,1H3. The maximum Gasteiger partial charge on any atom is 0.261 e. The van der Waals surface area contributed by atoms with Crippen LogP contribution in [0.5, 0.6) is 0 Å². The molecule has 1 aromatic heterocycles. The van der Waals surface area contributed by atoms with Crippen LogP contribution in [-0.2, 0) is 16.6 Å². The molecule has 0 aliphatic heterocycles. The van der Waals surface area contributed by atoms with Gasteiger partial charge in [-0.25, -0.2) is 8.42 Å². The van der Waals surface area contributed by atoms with Gasteiger partial charge in [0.25, 0.3) is 10.0 Å². The molecule has 3 N–H and O–H groups in total. The van der Waals surface area contributed by atoms with E-state index >= 15 is 0 Å². The number of nitrogens with zero attached hydrogens (tertiary/aromatic N) is 1. The first-order valence-electron chi connectivity index (χ1n) is 7.19. The van der Waals surface area contributed by atoms with E-state index in [0.717, 1.165) is 5.56 Å². The molecule has 24 heavy (non-hydrogen) atoms. The fraction of sp³-hybridized carbons (Fsp3) is 0.118. The third-order valence-corrected chi connectivity index (χ3v) is 5.16. The van der Waals surface area contributed by atoms with E-state index in [1.807, 2.05) is 6.92 Å². The Morgan fingerprint density at radius 3 is 2.79 bits per heavy atom. The van der Waals surface area contributed by atoms with Crippen molar-refractivity contribution in [3.8, 4) is 6.07 Å². The number of sulfonamides is 1. The predicted molar refractivity (Wildman–Crippen MR) is 90.9 cm³/mol. The number of nitriles is 1. The van der Waals surface area contributed by atoms with Gasteiger partial charge in [0, 0.05) is 11.6 Å². The zero-order chi connectivity index (χ0) is 17.3. The minimum Gasteiger partial charge on any atom is -0.392 e. The Morgan fingerprint density at radius 1 is 1.29 bits per heavy atom. The van der Waals surface area contributed by atoms with Crippen LogP contribution in [0.15, 0.2) is 47.5 Å². The molecule has 3 rings (SSSR count). The van der Waals surface area contributed by atoms with Crippen LogP contribution < -0.4 is 4.72 Å². The first-order valence-corrected chi connectivity index (χ1v) is 8.68. The molecule has 122 valence electrons. The van der Waals surface area contributed by atoms with Crippen molar-refractivity contribution in [2.45, 2.75) is 18.4 Å². The third-order valence-electron chi connectivity index (χ3n) is 3.80. The highest BCUT2D eigenvalue weighted by molar-refractivity contribution is 7.92. The highest BCUT2D eigenvalue weighted by Crippen LogP contribution is 2.30. The van der Waals surface area contributed by atoms with Crippen LogP contribution in [0.1, 0.15) is 16.7 Å². The lowest BCUT2D eigenvalue weighted by molar-refractivity contribution is 0.281. The lowest BCUT2D eigenvalue weighted by Gasteiger charge is -2.11. The van der Waals surface area contributed by atoms with Gasteiger partial charge in [-0.1, -0.05) is 18.2 Å². The first-order chi connectivity index (χ1) is 11.5. The lowest BCUT2D eigenvalue weighted by atomic mass is 10.1. The molecule has 6 nitrogen and oxygen atoms in total. The zero-order valence-electron chi connectivity index (χ0n) is 12.9. The van der Waals surface area contributed by atoms with E-state index in [9.17, 15) is 13.7 Å². The summed E-state index contributed by atoms with van der Waals surface area (Å²) < 4.78 is 27.7. The predicted octanol–water partition coefficient (Wildman–Crippen LogP) is 2.64. The summed E-state index contributed by atoms with van der Waals surface area (Å²) in [5.41, 5.74) is 2.79. The molecule has 7 heteroatoms. The second-order valence-electron chi connectivity index (χ2n) is 5.41. The number of anilines is 1. The van der Waals surface area contributed by atoms with Crippen LogP contribution in [0.2, 0.25) is 0 Å². The number of rotatable bonds is 4. The van der Waals surface area contributed by atoms with E-state index in [1.54, 1.807) is 30.5 Å². The number of H-pyrrole nitrogens is 1. The molecule has 0 unspecified atom stereocenters. The third kappa shape index (κ3) is 2.73. The summed E-state index contributed by atoms with van der Waals surface area (Å²) in [4.78, 5) is 3.02. The van der Waals surface area contributed by atoms with Crippen molar-refractivity contribution in [3.63, 3.8) is 0 Å². The Bertz CT molecular complexity index is 1060. The molecule has 3 aromatic rings. The topological polar surface area (TPSA) is 106 Å². The molecule has 0 fully saturated rings. The molecule has 0 spiro atoms. The van der Waals surface area contributed by atoms with Gasteiger partial charge in [0.1, 0.15) is 6.07 Å². The number of fused-ring (bicyclic) bond motifs is 1. The van der Waals surface area contributed by atoms with Gasteiger partial charge in [-0.3, -0.25) is 4.72 Å². The summed E-state index contributed by atoms with van der Waals surface area (Å²) in [6.07, 6.45) is 1.56. The van der Waals surface area contributed by atoms with Crippen LogP contribution in [0.4, 0.5) is 5.69 Å². The van der Waals surface area contributed by atoms with Gasteiger partial charge in [0.05, 0.1) is 28.3 Å². The Labute approximate surface area is 139 Å². The van der Waals surface area contributed by atoms with Gasteiger partial charge in [-0.05, 0) is 36.2 Å². The quantitative estimate of drug-likeness (QED) is 0.678. The Hall–Kier alpha value is -2.82. The maximum absolute atomic E-state index is 12.6. The number of hydrogen-bond donors (Lipinski definition) is 3. The van der Waals surface area contributed by atoms with Crippen molar-refractivity contribution < 1.29 is 13.5 Å². The van der Waals surface area contributed by atoms with Crippen molar-refractivity contribution in [2.75, 3.05) is 4.72 Å². The molecule has 0 bridgehead atoms. The van der Waals surface area contributed by atoms with Crippen molar-refractivity contribution >= 4 is 26.6 Å². The number of aliphatic hydroxyl groups is 1. The van der Waals surface area contributed by atoms with Gasteiger partial charge in [-0.2, -0.15) is 5.26 Å². The summed E-state index contributed by atoms with van der Waals surface area (Å²) in [6.45, 7) is 1.63. The smallest absolute Gasteiger partial charge is 0.261 e. The van der Waals surface area contributed by atoms with Crippen molar-refractivity contribution in [1.82, 2.24) is 4.98 Å². The van der Waals surface area contributed by atoms with E-state index in [-0.39, 0.29) is 11.5 Å². The normalized spacial score (nSPS) is 11.4. The molecule has 0 saturated carbocycles. The molecule has 0 radical (unpaired) electrons. The monoisotopic (exact) mass is 341 g/mol. The number of benzene rings is 2. The Kier molecular flexibility index (Phi) is 4.01. The average molecular weight is 341 g/mol. The largest absolute Gasteiger partial charge is 0.392 e. The van der Waals surface area contributed by atoms with Crippen LogP contribution in [0.3, 0.4) is 0 Å². The van der Waals surface area contributed by atoms with Crippen LogP contribution >= 0.6 is 0 Å². The van der Waals surface area contributed by atoms with Crippen molar-refractivity contribution in [1.29, 1.82) is 5.26 Å². The van der Waals surface area contributed by atoms with E-state index in [1.165, 1.54) is 12.1 Å². The summed E-state index contributed by atoms with van der Waals surface area (Å²) in [7, 11) is -3.81. The number of aromatic nitrogens is 1. The second kappa shape index (κ2) is 6.00. The highest BCUT2D eigenvalue weighted by Gasteiger charge is 2.18. The Morgan fingerprint density at radius 2 is 2.08 bits per heavy atom. The van der Waals surface area contributed by atoms with E-state index in [0.29, 0.717) is 27.7 Å². The molecular weight excluding hydrogens is 326 g/mol. The zero-order valence-corrected chi connectivity index (χ0v) is 13.7. The van der Waals surface area contributed by atoms with Gasteiger partial charge in [0.2, 0.25) is 0 Å². The molecule has 0 aliphatic rings. The van der Waals surface area contributed by atoms with Crippen molar-refractivity contribution in [2.24, 2.45) is 0 Å². The lowest BCUT2D eigenvalue weighted by Crippen LogP contribution is -2.13. The first kappa shape index (κ1) is 16.1. The van der Waals surface area contributed by atoms with Crippen LogP contribution in [0.25, 0.3) is 10.9 Å². The second-order valence-corrected chi connectivity index (χ2v) is 7.09. The average Bonchev–Trinajstić information content (AvgIpc) is 3.02. The minimum absolute atomic E-state index is 0.0647. The highest BCUT2D eigenvalue weighted by atomic mass is 32.2. The molecule has 0 saturated heterocycles. The minimum atomic E-state index is -3.81. The summed E-state index contributed by atoms with van der Waals surface area (Å²) in [6, 6.07) is 11.6. The van der Waals surface area contributed by atoms with E-state index in [2.05, 4.69) is 15.8 Å². The summed E-state index contributed by atoms with van der Waals surface area (Å²) >= 11 is 0. The molecular formula is C17H15N3O3S. The van der Waals surface area contributed by atoms with Crippen LogP contribution in [-0.4, -0.2) is 18.5 Å². The molecule has 1 heterocycles. The van der Waals surface area contributed by atoms with Crippen LogP contribution in [0, 0.1) is 18.3 Å². The number of nitrogens with one attached hydrogen (secondary N) is 2. The summed E-state index contributed by atoms with van der Waals surface area (Å²) in [5, 5.41) is 19.0. The molecule has 2 aromatic carbocycles. The van der Waals surface area contributed by atoms with Crippen molar-refractivity contribution in [3.05, 3.63) is 59.3 Å². The number of hydrogen-bond acceptors (Lipinski definition) is 4. The van der Waals surface area contributed by atoms with Gasteiger partial charge < -0.3 is 10.1 Å². The van der Waals surface area contributed by atoms with Gasteiger partial charge in [-0.15, -0.1) is 0 Å². The fourth-order valence-electron chi connectivity index (χ4n) is 2.61. The SMILES string of the molecule is Cc1ccc(NS(=O)(=O)c2cccc(CO)c2)c2[nH]cc(C#N)c12. The molecule has 0 atom stereocenters. The number of aromatic amines is 1. The molecule has 0 amide bonds. The van der Waals surface area contributed by atoms with Gasteiger partial charge >= 0.3 is 0 Å². The fourth-order valence-corrected chi connectivity index (χ4v) is 3.75. The molecule has 0 aliphatic carbocycles. The summed E-state index contributed by atoms with van der Waals surface area (Å²) in [5.74, 6) is 0. The maximum atomic E-state index is 12.6. The van der Waals surface area contributed by atoms with E-state index in [4.69, 9.17) is 5.11 Å². The number of aliphatic hydroxyl groups excluding tert-OH is 1. The van der Waals surface area contributed by atoms with E-state index < -0.39 is 10.0 Å².